The molecule has 0 spiro atoms. The number of nitrogens with zero attached hydrogens (tertiary/aromatic N) is 2. The number of likely N-dealkylation sites (N-methyl/N-ethyl adjacent to an activating group) is 1. The molecule has 1 atom stereocenters. The molecule has 1 aliphatic heterocycles. The van der Waals surface area contributed by atoms with Gasteiger partial charge < -0.3 is 15.5 Å². The summed E-state index contributed by atoms with van der Waals surface area (Å²) in [5, 5.41) is 2.04. The molecule has 0 aromatic heterocycles. The van der Waals surface area contributed by atoms with E-state index in [0.29, 0.717) is 25.3 Å². The van der Waals surface area contributed by atoms with Gasteiger partial charge in [-0.05, 0) is 58.1 Å². The summed E-state index contributed by atoms with van der Waals surface area (Å²) in [7, 11) is 4.21. The number of ketones is 1. The first-order valence-corrected chi connectivity index (χ1v) is 13.8. The second kappa shape index (κ2) is 13.3. The highest BCUT2D eigenvalue weighted by Crippen LogP contribution is 2.48. The summed E-state index contributed by atoms with van der Waals surface area (Å²) in [6.07, 6.45) is 1.77. The molecule has 0 bridgehead atoms. The molecule has 3 amide bonds. The fraction of sp³-hybridized carbons (Fsp3) is 0.444. The minimum absolute atomic E-state index is 0.197. The summed E-state index contributed by atoms with van der Waals surface area (Å²) in [6, 6.07) is 14.2. The molecular formula is C27H37BrN4O3S. The van der Waals surface area contributed by atoms with Crippen LogP contribution in [-0.4, -0.2) is 53.6 Å². The normalized spacial score (nSPS) is 13.2. The number of carbonyl (C=O) groups is 3. The quantitative estimate of drug-likeness (QED) is 0.297. The number of nitrogens with two attached hydrogens (primary N) is 1. The number of carbonyl (C=O) groups excluding carboxylic acids is 3. The van der Waals surface area contributed by atoms with Gasteiger partial charge in [0.05, 0.1) is 11.4 Å². The van der Waals surface area contributed by atoms with Crippen molar-refractivity contribution < 1.29 is 14.4 Å². The summed E-state index contributed by atoms with van der Waals surface area (Å²) >= 11 is 5.04. The van der Waals surface area contributed by atoms with Crippen molar-refractivity contribution in [3.8, 4) is 0 Å². The smallest absolute Gasteiger partial charge is 0.318 e. The third-order valence-electron chi connectivity index (χ3n) is 6.36. The van der Waals surface area contributed by atoms with E-state index < -0.39 is 10.4 Å². The average molecular weight is 578 g/mol. The monoisotopic (exact) mass is 576 g/mol. The minimum atomic E-state index is -0.814. The number of rotatable bonds is 8. The number of hydrogen-bond acceptors (Lipinski definition) is 6. The van der Waals surface area contributed by atoms with Gasteiger partial charge >= 0.3 is 6.03 Å². The number of amides is 3. The third kappa shape index (κ3) is 7.33. The van der Waals surface area contributed by atoms with E-state index in [-0.39, 0.29) is 11.7 Å². The van der Waals surface area contributed by atoms with Crippen LogP contribution in [-0.2, 0) is 4.79 Å². The number of benzene rings is 2. The first kappa shape index (κ1) is 29.9. The molecule has 3 rings (SSSR count). The number of halogens is 1. The van der Waals surface area contributed by atoms with Gasteiger partial charge in [0.2, 0.25) is 5.91 Å². The lowest BCUT2D eigenvalue weighted by atomic mass is 10.0. The molecule has 1 unspecified atom stereocenters. The van der Waals surface area contributed by atoms with Crippen LogP contribution in [0.2, 0.25) is 0 Å². The summed E-state index contributed by atoms with van der Waals surface area (Å²) < 4.78 is -0.665. The zero-order valence-electron chi connectivity index (χ0n) is 21.9. The van der Waals surface area contributed by atoms with Gasteiger partial charge in [-0.1, -0.05) is 66.7 Å². The van der Waals surface area contributed by atoms with Crippen molar-refractivity contribution >= 4 is 56.8 Å². The van der Waals surface area contributed by atoms with Crippen LogP contribution >= 0.6 is 27.7 Å². The van der Waals surface area contributed by atoms with E-state index in [1.807, 2.05) is 32.2 Å². The number of fused-ring (bicyclic) bond motifs is 2. The molecule has 196 valence electrons. The number of imide groups is 1. The van der Waals surface area contributed by atoms with Crippen LogP contribution in [0.3, 0.4) is 0 Å². The largest absolute Gasteiger partial charge is 0.351 e. The van der Waals surface area contributed by atoms with Gasteiger partial charge in [0, 0.05) is 34.4 Å². The van der Waals surface area contributed by atoms with E-state index in [0.717, 1.165) is 17.8 Å². The standard InChI is InChI=1S/C20H24N2OS.C7H13BrN2O2/c1-5-18(23)15-10-11-20-17(12-15)22(13-14(2)21(3)4)16-8-6-7-9-19(16)24-20;1-3-7(8,4-2)5(11)10-6(9)12/h6-12,14H,5,13H2,1-4H3;3-4H2,1-2H3,(H3,9,10,11,12). The Kier molecular flexibility index (Phi) is 11.0. The van der Waals surface area contributed by atoms with Crippen LogP contribution in [0.4, 0.5) is 16.2 Å². The maximum Gasteiger partial charge on any atom is 0.318 e. The Morgan fingerprint density at radius 1 is 1.06 bits per heavy atom. The predicted molar refractivity (Wildman–Crippen MR) is 152 cm³/mol. The Bertz CT molecular complexity index is 1090. The zero-order valence-corrected chi connectivity index (χ0v) is 24.3. The molecule has 2 aromatic rings. The van der Waals surface area contributed by atoms with Gasteiger partial charge in [0.25, 0.3) is 0 Å². The Hall–Kier alpha value is -2.36. The Labute approximate surface area is 227 Å². The highest BCUT2D eigenvalue weighted by Gasteiger charge is 2.32. The molecule has 3 N–H and O–H groups in total. The van der Waals surface area contributed by atoms with Gasteiger partial charge in [-0.25, -0.2) is 4.79 Å². The van der Waals surface area contributed by atoms with Crippen molar-refractivity contribution in [1.29, 1.82) is 0 Å². The van der Waals surface area contributed by atoms with Crippen LogP contribution in [0, 0.1) is 0 Å². The summed E-state index contributed by atoms with van der Waals surface area (Å²) in [4.78, 5) is 40.9. The molecule has 0 radical (unpaired) electrons. The van der Waals surface area contributed by atoms with Crippen LogP contribution in [0.5, 0.6) is 0 Å². The van der Waals surface area contributed by atoms with Crippen molar-refractivity contribution in [2.24, 2.45) is 5.73 Å². The van der Waals surface area contributed by atoms with Crippen LogP contribution in [0.15, 0.2) is 52.3 Å². The molecule has 1 aliphatic rings. The number of anilines is 2. The third-order valence-corrected chi connectivity index (χ3v) is 8.97. The topological polar surface area (TPSA) is 95.7 Å². The molecule has 7 nitrogen and oxygen atoms in total. The summed E-state index contributed by atoms with van der Waals surface area (Å²) in [6.45, 7) is 8.75. The van der Waals surface area contributed by atoms with Gasteiger partial charge in [0.15, 0.2) is 5.78 Å². The highest BCUT2D eigenvalue weighted by atomic mass is 79.9. The molecule has 0 fully saturated rings. The number of alkyl halides is 1. The molecule has 0 saturated carbocycles. The molecule has 2 aromatic carbocycles. The number of primary amides is 1. The van der Waals surface area contributed by atoms with Crippen molar-refractivity contribution in [2.45, 2.75) is 67.1 Å². The lowest BCUT2D eigenvalue weighted by molar-refractivity contribution is -0.122. The van der Waals surface area contributed by atoms with Crippen LogP contribution in [0.1, 0.15) is 57.3 Å². The van der Waals surface area contributed by atoms with Gasteiger partial charge in [-0.2, -0.15) is 0 Å². The first-order valence-electron chi connectivity index (χ1n) is 12.1. The van der Waals surface area contributed by atoms with E-state index in [2.05, 4.69) is 83.1 Å². The first-order chi connectivity index (χ1) is 17.0. The van der Waals surface area contributed by atoms with E-state index in [4.69, 9.17) is 5.73 Å². The molecule has 9 heteroatoms. The van der Waals surface area contributed by atoms with Crippen LogP contribution in [0.25, 0.3) is 0 Å². The SMILES string of the molecule is CCC(=O)c1ccc2c(c1)N(CC(C)N(C)C)c1ccccc1S2.CCC(Br)(CC)C(=O)NC(N)=O. The predicted octanol–water partition coefficient (Wildman–Crippen LogP) is 5.97. The van der Waals surface area contributed by atoms with Crippen molar-refractivity contribution in [1.82, 2.24) is 10.2 Å². The Balaban J connectivity index is 0.000000324. The van der Waals surface area contributed by atoms with E-state index in [9.17, 15) is 14.4 Å². The molecule has 0 saturated heterocycles. The van der Waals surface area contributed by atoms with Crippen LogP contribution < -0.4 is 16.0 Å². The van der Waals surface area contributed by atoms with E-state index >= 15 is 0 Å². The maximum atomic E-state index is 12.1. The number of urea groups is 1. The Morgan fingerprint density at radius 2 is 1.67 bits per heavy atom. The van der Waals surface area contributed by atoms with E-state index in [1.165, 1.54) is 15.5 Å². The highest BCUT2D eigenvalue weighted by molar-refractivity contribution is 9.10. The second-order valence-corrected chi connectivity index (χ2v) is 11.5. The molecule has 0 aliphatic carbocycles. The fourth-order valence-electron chi connectivity index (χ4n) is 3.63. The van der Waals surface area contributed by atoms with Gasteiger partial charge in [0.1, 0.15) is 4.32 Å². The molecular weight excluding hydrogens is 540 g/mol. The fourth-order valence-corrected chi connectivity index (χ4v) is 4.80. The number of hydrogen-bond donors (Lipinski definition) is 2. The van der Waals surface area contributed by atoms with E-state index in [1.54, 1.807) is 11.8 Å². The lowest BCUT2D eigenvalue weighted by Gasteiger charge is -2.36. The summed E-state index contributed by atoms with van der Waals surface area (Å²) in [5.74, 6) is -0.178. The zero-order chi connectivity index (χ0) is 27.0. The second-order valence-electron chi connectivity index (χ2n) is 8.94. The van der Waals surface area contributed by atoms with Crippen molar-refractivity contribution in [2.75, 3.05) is 25.5 Å². The Morgan fingerprint density at radius 3 is 2.22 bits per heavy atom. The number of Topliss-reactive ketones (excluding diaryl/α,β-unsaturated/α-hetero) is 1. The lowest BCUT2D eigenvalue weighted by Crippen LogP contribution is -2.46. The van der Waals surface area contributed by atoms with Crippen molar-refractivity contribution in [3.63, 3.8) is 0 Å². The van der Waals surface area contributed by atoms with Gasteiger partial charge in [-0.15, -0.1) is 0 Å². The summed E-state index contributed by atoms with van der Waals surface area (Å²) in [5.41, 5.74) is 7.98. The number of para-hydroxylation sites is 1. The average Bonchev–Trinajstić information content (AvgIpc) is 2.87. The maximum absolute atomic E-state index is 12.1. The van der Waals surface area contributed by atoms with Gasteiger partial charge in [-0.3, -0.25) is 14.9 Å². The molecule has 1 heterocycles. The molecule has 36 heavy (non-hydrogen) atoms. The van der Waals surface area contributed by atoms with Crippen molar-refractivity contribution in [3.05, 3.63) is 48.0 Å². The number of nitrogens with one attached hydrogen (secondary N) is 1. The minimum Gasteiger partial charge on any atom is -0.351 e.